The van der Waals surface area contributed by atoms with Gasteiger partial charge in [0.2, 0.25) is 0 Å². The molecule has 0 atom stereocenters. The summed E-state index contributed by atoms with van der Waals surface area (Å²) >= 11 is 0. The number of carbonyl (C=O) groups excluding carboxylic acids is 1. The summed E-state index contributed by atoms with van der Waals surface area (Å²) in [5, 5.41) is 17.4. The minimum Gasteiger partial charge on any atom is -0.481 e. The normalized spacial score (nSPS) is 10.1. The average molecular weight is 255 g/mol. The molecule has 1 heterocycles. The Morgan fingerprint density at radius 2 is 2.17 bits per heavy atom. The zero-order valence-electron chi connectivity index (χ0n) is 10.2. The summed E-state index contributed by atoms with van der Waals surface area (Å²) in [4.78, 5) is 21.6. The van der Waals surface area contributed by atoms with Crippen molar-refractivity contribution < 1.29 is 19.2 Å². The smallest absolute Gasteiger partial charge is 0.315 e. The molecule has 0 aliphatic heterocycles. The molecule has 0 aliphatic carbocycles. The van der Waals surface area contributed by atoms with Gasteiger partial charge in [-0.15, -0.1) is 0 Å². The lowest BCUT2D eigenvalue weighted by Gasteiger charge is -2.05. The van der Waals surface area contributed by atoms with Crippen molar-refractivity contribution in [3.05, 3.63) is 17.5 Å². The van der Waals surface area contributed by atoms with Crippen molar-refractivity contribution in [2.75, 3.05) is 6.54 Å². The quantitative estimate of drug-likeness (QED) is 0.631. The van der Waals surface area contributed by atoms with Gasteiger partial charge in [0.05, 0.1) is 6.54 Å². The number of aryl methyl sites for hydroxylation is 1. The van der Waals surface area contributed by atoms with E-state index >= 15 is 0 Å². The molecule has 0 unspecified atom stereocenters. The summed E-state index contributed by atoms with van der Waals surface area (Å²) in [5.41, 5.74) is 0.661. The first kappa shape index (κ1) is 14.0. The van der Waals surface area contributed by atoms with Gasteiger partial charge in [-0.25, -0.2) is 4.79 Å². The molecule has 1 aromatic heterocycles. The highest BCUT2D eigenvalue weighted by molar-refractivity contribution is 5.73. The van der Waals surface area contributed by atoms with Crippen LogP contribution in [0.15, 0.2) is 10.6 Å². The van der Waals surface area contributed by atoms with E-state index in [9.17, 15) is 9.59 Å². The molecule has 7 heteroatoms. The van der Waals surface area contributed by atoms with Crippen molar-refractivity contribution in [1.29, 1.82) is 0 Å². The van der Waals surface area contributed by atoms with Gasteiger partial charge in [-0.3, -0.25) is 4.79 Å². The van der Waals surface area contributed by atoms with Crippen LogP contribution in [0.5, 0.6) is 0 Å². The minimum absolute atomic E-state index is 0.127. The Bertz CT molecular complexity index is 403. The van der Waals surface area contributed by atoms with Crippen molar-refractivity contribution >= 4 is 12.0 Å². The highest BCUT2D eigenvalue weighted by atomic mass is 16.5. The van der Waals surface area contributed by atoms with E-state index in [0.717, 1.165) is 0 Å². The lowest BCUT2D eigenvalue weighted by Crippen LogP contribution is -2.35. The first-order chi connectivity index (χ1) is 8.58. The topological polar surface area (TPSA) is 104 Å². The number of amides is 2. The van der Waals surface area contributed by atoms with Crippen LogP contribution in [0.4, 0.5) is 4.79 Å². The summed E-state index contributed by atoms with van der Waals surface area (Å²) in [5.74, 6) is -0.123. The Morgan fingerprint density at radius 1 is 1.39 bits per heavy atom. The summed E-state index contributed by atoms with van der Waals surface area (Å²) < 4.78 is 4.85. The van der Waals surface area contributed by atoms with Crippen molar-refractivity contribution in [1.82, 2.24) is 15.8 Å². The molecule has 2 amide bonds. The van der Waals surface area contributed by atoms with E-state index in [-0.39, 0.29) is 12.5 Å². The maximum absolute atomic E-state index is 11.3. The van der Waals surface area contributed by atoms with Gasteiger partial charge in [0.1, 0.15) is 11.5 Å². The SMILES string of the molecule is Cc1cc(CNC(=O)NCCCCC(=O)O)no1. The third-order valence-corrected chi connectivity index (χ3v) is 2.21. The minimum atomic E-state index is -0.819. The van der Waals surface area contributed by atoms with Crippen molar-refractivity contribution in [3.8, 4) is 0 Å². The molecule has 1 aromatic rings. The van der Waals surface area contributed by atoms with E-state index in [0.29, 0.717) is 37.4 Å². The van der Waals surface area contributed by atoms with Gasteiger partial charge >= 0.3 is 12.0 Å². The fraction of sp³-hybridized carbons (Fsp3) is 0.545. The summed E-state index contributed by atoms with van der Waals surface area (Å²) in [6.45, 7) is 2.54. The molecular formula is C11H17N3O4. The number of unbranched alkanes of at least 4 members (excludes halogenated alkanes) is 1. The number of aromatic nitrogens is 1. The standard InChI is InChI=1S/C11H17N3O4/c1-8-6-9(14-18-8)7-13-11(17)12-5-3-2-4-10(15)16/h6H,2-5,7H2,1H3,(H,15,16)(H2,12,13,17). The average Bonchev–Trinajstić information content (AvgIpc) is 2.71. The number of carboxylic acids is 1. The second-order valence-corrected chi connectivity index (χ2v) is 3.89. The third-order valence-electron chi connectivity index (χ3n) is 2.21. The van der Waals surface area contributed by atoms with Crippen LogP contribution in [-0.4, -0.2) is 28.8 Å². The number of hydrogen-bond acceptors (Lipinski definition) is 4. The Morgan fingerprint density at radius 3 is 2.78 bits per heavy atom. The molecule has 0 radical (unpaired) electrons. The fourth-order valence-electron chi connectivity index (χ4n) is 1.34. The van der Waals surface area contributed by atoms with Crippen LogP contribution in [-0.2, 0) is 11.3 Å². The van der Waals surface area contributed by atoms with Gasteiger partial charge in [-0.05, 0) is 19.8 Å². The number of carbonyl (C=O) groups is 2. The lowest BCUT2D eigenvalue weighted by molar-refractivity contribution is -0.137. The number of nitrogens with one attached hydrogen (secondary N) is 2. The third kappa shape index (κ3) is 5.88. The maximum atomic E-state index is 11.3. The van der Waals surface area contributed by atoms with Gasteiger partial charge in [0, 0.05) is 19.0 Å². The number of aliphatic carboxylic acids is 1. The zero-order valence-corrected chi connectivity index (χ0v) is 10.2. The number of rotatable bonds is 7. The van der Waals surface area contributed by atoms with Crippen LogP contribution >= 0.6 is 0 Å². The van der Waals surface area contributed by atoms with E-state index in [2.05, 4.69) is 15.8 Å². The first-order valence-corrected chi connectivity index (χ1v) is 5.73. The van der Waals surface area contributed by atoms with Gasteiger partial charge < -0.3 is 20.3 Å². The van der Waals surface area contributed by atoms with Crippen molar-refractivity contribution in [3.63, 3.8) is 0 Å². The van der Waals surface area contributed by atoms with Crippen LogP contribution in [0.3, 0.4) is 0 Å². The van der Waals surface area contributed by atoms with Crippen LogP contribution < -0.4 is 10.6 Å². The van der Waals surface area contributed by atoms with Crippen LogP contribution in [0.1, 0.15) is 30.7 Å². The number of carboxylic acid groups (broad SMARTS) is 1. The summed E-state index contributed by atoms with van der Waals surface area (Å²) in [6.07, 6.45) is 1.32. The molecule has 0 bridgehead atoms. The number of urea groups is 1. The van der Waals surface area contributed by atoms with Gasteiger partial charge in [-0.1, -0.05) is 5.16 Å². The molecule has 3 N–H and O–H groups in total. The van der Waals surface area contributed by atoms with Crippen molar-refractivity contribution in [2.24, 2.45) is 0 Å². The Balaban J connectivity index is 2.05. The summed E-state index contributed by atoms with van der Waals surface area (Å²) in [7, 11) is 0. The lowest BCUT2D eigenvalue weighted by atomic mass is 10.2. The molecular weight excluding hydrogens is 238 g/mol. The molecule has 0 saturated heterocycles. The second-order valence-electron chi connectivity index (χ2n) is 3.89. The molecule has 0 spiro atoms. The van der Waals surface area contributed by atoms with Gasteiger partial charge in [0.25, 0.3) is 0 Å². The molecule has 0 aromatic carbocycles. The van der Waals surface area contributed by atoms with E-state index in [4.69, 9.17) is 9.63 Å². The summed E-state index contributed by atoms with van der Waals surface area (Å²) in [6, 6.07) is 1.44. The monoisotopic (exact) mass is 255 g/mol. The van der Waals surface area contributed by atoms with Crippen LogP contribution in [0, 0.1) is 6.92 Å². The van der Waals surface area contributed by atoms with E-state index < -0.39 is 5.97 Å². The number of hydrogen-bond donors (Lipinski definition) is 3. The maximum Gasteiger partial charge on any atom is 0.315 e. The second kappa shape index (κ2) is 7.31. The molecule has 18 heavy (non-hydrogen) atoms. The highest BCUT2D eigenvalue weighted by Gasteiger charge is 2.03. The molecule has 0 aliphatic rings. The Kier molecular flexibility index (Phi) is 5.69. The van der Waals surface area contributed by atoms with E-state index in [1.807, 2.05) is 0 Å². The van der Waals surface area contributed by atoms with Gasteiger partial charge in [0.15, 0.2) is 0 Å². The van der Waals surface area contributed by atoms with Crippen molar-refractivity contribution in [2.45, 2.75) is 32.7 Å². The largest absolute Gasteiger partial charge is 0.481 e. The number of nitrogens with zero attached hydrogens (tertiary/aromatic N) is 1. The van der Waals surface area contributed by atoms with E-state index in [1.54, 1.807) is 13.0 Å². The molecule has 7 nitrogen and oxygen atoms in total. The Hall–Kier alpha value is -2.05. The molecule has 1 rings (SSSR count). The van der Waals surface area contributed by atoms with Crippen LogP contribution in [0.2, 0.25) is 0 Å². The zero-order chi connectivity index (χ0) is 13.4. The van der Waals surface area contributed by atoms with Crippen LogP contribution in [0.25, 0.3) is 0 Å². The van der Waals surface area contributed by atoms with E-state index in [1.165, 1.54) is 0 Å². The van der Waals surface area contributed by atoms with Gasteiger partial charge in [-0.2, -0.15) is 0 Å². The first-order valence-electron chi connectivity index (χ1n) is 5.73. The molecule has 100 valence electrons. The highest BCUT2D eigenvalue weighted by Crippen LogP contribution is 2.00. The predicted molar refractivity (Wildman–Crippen MR) is 63.0 cm³/mol. The molecule has 0 saturated carbocycles. The molecule has 0 fully saturated rings. The predicted octanol–water partition coefficient (Wildman–Crippen LogP) is 1.04. The fourth-order valence-corrected chi connectivity index (χ4v) is 1.34. The Labute approximate surface area is 105 Å².